The Kier molecular flexibility index (Phi) is 4.88. The van der Waals surface area contributed by atoms with Crippen LogP contribution in [0.5, 0.6) is 23.0 Å². The van der Waals surface area contributed by atoms with E-state index >= 15 is 0 Å². The molecule has 0 amide bonds. The van der Waals surface area contributed by atoms with Crippen molar-refractivity contribution in [2.24, 2.45) is 0 Å². The van der Waals surface area contributed by atoms with E-state index in [1.165, 1.54) is 0 Å². The third kappa shape index (κ3) is 3.71. The third-order valence-corrected chi connectivity index (χ3v) is 3.32. The average Bonchev–Trinajstić information content (AvgIpc) is 2.56. The third-order valence-electron chi connectivity index (χ3n) is 3.32. The van der Waals surface area contributed by atoms with Crippen molar-refractivity contribution < 1.29 is 54.6 Å². The normalized spacial score (nSPS) is 10.2. The van der Waals surface area contributed by atoms with Gasteiger partial charge < -0.3 is 35.4 Å². The molecule has 0 saturated carbocycles. The summed E-state index contributed by atoms with van der Waals surface area (Å²) in [6.45, 7) is 0. The quantitative estimate of drug-likeness (QED) is 0.427. The molecule has 2 aromatic rings. The van der Waals surface area contributed by atoms with Crippen LogP contribution in [0.2, 0.25) is 0 Å². The van der Waals surface area contributed by atoms with Crippen LogP contribution in [-0.4, -0.2) is 54.5 Å². The molecule has 0 bridgehead atoms. The fraction of sp³-hybridized carbons (Fsp3) is 0. The Hall–Kier alpha value is -4.28. The number of ether oxygens (including phenoxy) is 1. The number of benzene rings is 2. The van der Waals surface area contributed by atoms with E-state index in [9.17, 15) is 29.4 Å². The van der Waals surface area contributed by atoms with E-state index in [1.54, 1.807) is 0 Å². The second kappa shape index (κ2) is 6.92. The second-order valence-electron chi connectivity index (χ2n) is 5.06. The molecule has 0 aliphatic heterocycles. The lowest BCUT2D eigenvalue weighted by Gasteiger charge is -2.12. The predicted molar refractivity (Wildman–Crippen MR) is 84.1 cm³/mol. The van der Waals surface area contributed by atoms with Gasteiger partial charge in [0.15, 0.2) is 0 Å². The van der Waals surface area contributed by atoms with Crippen molar-refractivity contribution >= 4 is 23.9 Å². The molecule has 0 fully saturated rings. The molecule has 140 valence electrons. The van der Waals surface area contributed by atoms with E-state index in [1.807, 2.05) is 0 Å². The first kappa shape index (κ1) is 19.1. The van der Waals surface area contributed by atoms with Crippen LogP contribution >= 0.6 is 0 Å². The minimum atomic E-state index is -1.66. The molecule has 11 nitrogen and oxygen atoms in total. The van der Waals surface area contributed by atoms with Crippen molar-refractivity contribution in [3.8, 4) is 23.0 Å². The van der Waals surface area contributed by atoms with Crippen LogP contribution in [0.25, 0.3) is 0 Å². The Morgan fingerprint density at radius 1 is 0.556 bits per heavy atom. The minimum absolute atomic E-state index is 0.430. The molecule has 27 heavy (non-hydrogen) atoms. The van der Waals surface area contributed by atoms with Crippen LogP contribution in [0.1, 0.15) is 41.4 Å². The van der Waals surface area contributed by atoms with Gasteiger partial charge in [-0.25, -0.2) is 19.2 Å². The molecule has 0 aromatic heterocycles. The van der Waals surface area contributed by atoms with Crippen molar-refractivity contribution in [2.75, 3.05) is 0 Å². The summed E-state index contributed by atoms with van der Waals surface area (Å²) >= 11 is 0. The molecule has 0 aliphatic carbocycles. The number of rotatable bonds is 6. The Morgan fingerprint density at radius 2 is 0.778 bits per heavy atom. The molecule has 0 aliphatic rings. The largest absolute Gasteiger partial charge is 0.506 e. The molecular weight excluding hydrogens is 368 g/mol. The summed E-state index contributed by atoms with van der Waals surface area (Å²) in [5.41, 5.74) is -3.22. The van der Waals surface area contributed by atoms with Gasteiger partial charge in [-0.05, 0) is 24.3 Å². The van der Waals surface area contributed by atoms with Crippen LogP contribution in [0, 0.1) is 0 Å². The number of hydrogen-bond donors (Lipinski definition) is 6. The number of carboxylic acids is 4. The van der Waals surface area contributed by atoms with Crippen molar-refractivity contribution in [2.45, 2.75) is 0 Å². The summed E-state index contributed by atoms with van der Waals surface area (Å²) in [5.74, 6) is -9.56. The molecule has 2 aromatic carbocycles. The predicted octanol–water partition coefficient (Wildman–Crippen LogP) is 1.68. The van der Waals surface area contributed by atoms with Crippen LogP contribution in [0.4, 0.5) is 0 Å². The van der Waals surface area contributed by atoms with Crippen molar-refractivity contribution in [1.29, 1.82) is 0 Å². The van der Waals surface area contributed by atoms with E-state index in [2.05, 4.69) is 0 Å². The van der Waals surface area contributed by atoms with Crippen LogP contribution < -0.4 is 4.74 Å². The zero-order valence-electron chi connectivity index (χ0n) is 13.0. The van der Waals surface area contributed by atoms with Gasteiger partial charge in [-0.1, -0.05) is 0 Å². The number of carboxylic acid groups (broad SMARTS) is 4. The molecular formula is C16H10O11. The van der Waals surface area contributed by atoms with Gasteiger partial charge in [0, 0.05) is 0 Å². The monoisotopic (exact) mass is 378 g/mol. The molecule has 0 unspecified atom stereocenters. The number of phenols is 2. The van der Waals surface area contributed by atoms with Crippen LogP contribution in [0.15, 0.2) is 24.3 Å². The topological polar surface area (TPSA) is 199 Å². The van der Waals surface area contributed by atoms with Crippen LogP contribution in [-0.2, 0) is 0 Å². The molecule has 11 heteroatoms. The highest BCUT2D eigenvalue weighted by Crippen LogP contribution is 2.34. The second-order valence-corrected chi connectivity index (χ2v) is 5.06. The number of carbonyl (C=O) groups is 4. The van der Waals surface area contributed by atoms with Gasteiger partial charge in [-0.2, -0.15) is 0 Å². The Bertz CT molecular complexity index is 840. The maximum absolute atomic E-state index is 11.1. The van der Waals surface area contributed by atoms with Gasteiger partial charge in [0.1, 0.15) is 45.3 Å². The minimum Gasteiger partial charge on any atom is -0.506 e. The first-order valence-corrected chi connectivity index (χ1v) is 6.88. The van der Waals surface area contributed by atoms with Gasteiger partial charge in [0.05, 0.1) is 0 Å². The zero-order chi connectivity index (χ0) is 20.5. The van der Waals surface area contributed by atoms with Gasteiger partial charge in [0.2, 0.25) is 0 Å². The van der Waals surface area contributed by atoms with Gasteiger partial charge in [-0.15, -0.1) is 0 Å². The lowest BCUT2D eigenvalue weighted by molar-refractivity contribution is 0.0669. The summed E-state index contributed by atoms with van der Waals surface area (Å²) in [5, 5.41) is 55.5. The highest BCUT2D eigenvalue weighted by molar-refractivity contribution is 6.00. The van der Waals surface area contributed by atoms with Crippen molar-refractivity contribution in [3.05, 3.63) is 46.5 Å². The average molecular weight is 378 g/mol. The van der Waals surface area contributed by atoms with Crippen LogP contribution in [0.3, 0.4) is 0 Å². The van der Waals surface area contributed by atoms with E-state index in [0.717, 1.165) is 24.3 Å². The smallest absolute Gasteiger partial charge is 0.339 e. The summed E-state index contributed by atoms with van der Waals surface area (Å²) in [4.78, 5) is 44.5. The lowest BCUT2D eigenvalue weighted by atomic mass is 10.1. The Labute approximate surface area is 148 Å². The summed E-state index contributed by atoms with van der Waals surface area (Å²) in [6.07, 6.45) is 0. The molecule has 6 N–H and O–H groups in total. The molecule has 2 rings (SSSR count). The zero-order valence-corrected chi connectivity index (χ0v) is 13.0. The molecule has 0 heterocycles. The summed E-state index contributed by atoms with van der Waals surface area (Å²) in [6, 6.07) is 3.05. The first-order valence-electron chi connectivity index (χ1n) is 6.88. The molecule has 0 radical (unpaired) electrons. The van der Waals surface area contributed by atoms with Crippen molar-refractivity contribution in [3.63, 3.8) is 0 Å². The number of aromatic hydroxyl groups is 2. The fourth-order valence-electron chi connectivity index (χ4n) is 2.12. The van der Waals surface area contributed by atoms with E-state index in [0.29, 0.717) is 0 Å². The SMILES string of the molecule is O=C(O)c1cc(Oc2cc(C(=O)O)c(O)c(C(=O)O)c2)cc(C(=O)O)c1O. The van der Waals surface area contributed by atoms with E-state index < -0.39 is 69.1 Å². The first-order chi connectivity index (χ1) is 12.5. The van der Waals surface area contributed by atoms with Gasteiger partial charge in [0.25, 0.3) is 0 Å². The maximum atomic E-state index is 11.1. The highest BCUT2D eigenvalue weighted by Gasteiger charge is 2.23. The Morgan fingerprint density at radius 3 is 0.963 bits per heavy atom. The Balaban J connectivity index is 2.63. The fourth-order valence-corrected chi connectivity index (χ4v) is 2.12. The molecule has 0 spiro atoms. The summed E-state index contributed by atoms with van der Waals surface area (Å²) < 4.78 is 5.18. The standard InChI is InChI=1S/C16H10O11/c17-11-7(13(19)20)1-5(2-8(11)14(21)22)27-6-3-9(15(23)24)12(18)10(4-6)16(25)26/h1-4,17-18H,(H,19,20)(H,21,22)(H,23,24)(H,25,26). The van der Waals surface area contributed by atoms with Gasteiger partial charge >= 0.3 is 23.9 Å². The lowest BCUT2D eigenvalue weighted by Crippen LogP contribution is -2.06. The highest BCUT2D eigenvalue weighted by atomic mass is 16.5. The van der Waals surface area contributed by atoms with E-state index in [4.69, 9.17) is 25.2 Å². The number of hydrogen-bond acceptors (Lipinski definition) is 7. The molecule has 0 saturated heterocycles. The van der Waals surface area contributed by atoms with Crippen molar-refractivity contribution in [1.82, 2.24) is 0 Å². The summed E-state index contributed by atoms with van der Waals surface area (Å²) in [7, 11) is 0. The maximum Gasteiger partial charge on any atom is 0.339 e. The molecule has 0 atom stereocenters. The van der Waals surface area contributed by atoms with E-state index in [-0.39, 0.29) is 0 Å². The number of aromatic carboxylic acids is 4. The van der Waals surface area contributed by atoms with Gasteiger partial charge in [-0.3, -0.25) is 0 Å².